The molecule has 0 aromatic rings. The first-order chi connectivity index (χ1) is 6.74. The van der Waals surface area contributed by atoms with Crippen LogP contribution in [0.1, 0.15) is 6.92 Å². The number of hydrogen-bond donors (Lipinski definition) is 1. The first-order valence-corrected chi connectivity index (χ1v) is 4.61. The van der Waals surface area contributed by atoms with Crippen molar-refractivity contribution in [2.75, 3.05) is 5.75 Å². The van der Waals surface area contributed by atoms with E-state index in [2.05, 4.69) is 0 Å². The highest BCUT2D eigenvalue weighted by molar-refractivity contribution is 8.03. The molecule has 0 aliphatic heterocycles. The van der Waals surface area contributed by atoms with E-state index in [-0.39, 0.29) is 16.1 Å². The molecule has 0 aliphatic rings. The molecule has 0 bridgehead atoms. The van der Waals surface area contributed by atoms with Crippen molar-refractivity contribution in [2.24, 2.45) is 0 Å². The summed E-state index contributed by atoms with van der Waals surface area (Å²) >= 11 is 1.18. The summed E-state index contributed by atoms with van der Waals surface area (Å²) in [7, 11) is 0. The largest absolute Gasteiger partial charge is 0.258 e. The Morgan fingerprint density at radius 1 is 1.21 bits per heavy atom. The van der Waals surface area contributed by atoms with E-state index in [1.54, 1.807) is 18.2 Å². The van der Waals surface area contributed by atoms with E-state index in [1.165, 1.54) is 11.8 Å². The van der Waals surface area contributed by atoms with E-state index in [1.807, 2.05) is 12.8 Å². The van der Waals surface area contributed by atoms with Crippen molar-refractivity contribution >= 4 is 17.6 Å². The van der Waals surface area contributed by atoms with Crippen LogP contribution in [-0.4, -0.2) is 11.6 Å². The number of nitriles is 3. The van der Waals surface area contributed by atoms with Gasteiger partial charge in [-0.25, -0.2) is 0 Å². The van der Waals surface area contributed by atoms with Crippen molar-refractivity contribution in [2.45, 2.75) is 6.92 Å². The Balaban J connectivity index is 5.52. The molecule has 14 heavy (non-hydrogen) atoms. The first kappa shape index (κ1) is 12.0. The van der Waals surface area contributed by atoms with E-state index in [0.717, 1.165) is 0 Å². The number of nitrogens with one attached hydrogen (secondary N) is 1. The molecule has 0 atom stereocenters. The summed E-state index contributed by atoms with van der Waals surface area (Å²) in [5.41, 5.74) is -0.219. The van der Waals surface area contributed by atoms with Gasteiger partial charge >= 0.3 is 0 Å². The van der Waals surface area contributed by atoms with Crippen LogP contribution in [0.25, 0.3) is 0 Å². The van der Waals surface area contributed by atoms with Crippen molar-refractivity contribution in [3.8, 4) is 18.2 Å². The lowest BCUT2D eigenvalue weighted by atomic mass is 10.2. The van der Waals surface area contributed by atoms with Gasteiger partial charge in [0.2, 0.25) is 0 Å². The summed E-state index contributed by atoms with van der Waals surface area (Å²) in [4.78, 5) is 0.231. The molecule has 1 N–H and O–H groups in total. The molecule has 4 nitrogen and oxygen atoms in total. The van der Waals surface area contributed by atoms with Gasteiger partial charge in [0.25, 0.3) is 0 Å². The van der Waals surface area contributed by atoms with Crippen LogP contribution in [0.4, 0.5) is 0 Å². The van der Waals surface area contributed by atoms with E-state index < -0.39 is 0 Å². The molecule has 0 unspecified atom stereocenters. The third-order valence-corrected chi connectivity index (χ3v) is 2.19. The molecular weight excluding hydrogens is 196 g/mol. The van der Waals surface area contributed by atoms with Crippen LogP contribution in [0.5, 0.6) is 0 Å². The molecular formula is C9H6N4S. The van der Waals surface area contributed by atoms with Crippen molar-refractivity contribution in [3.05, 3.63) is 16.1 Å². The summed E-state index contributed by atoms with van der Waals surface area (Å²) < 4.78 is 0. The second kappa shape index (κ2) is 6.52. The molecule has 0 aliphatic carbocycles. The summed E-state index contributed by atoms with van der Waals surface area (Å²) in [6.45, 7) is 1.83. The zero-order chi connectivity index (χ0) is 11.0. The average molecular weight is 202 g/mol. The molecule has 0 aromatic heterocycles. The molecule has 0 saturated carbocycles. The van der Waals surface area contributed by atoms with Gasteiger partial charge in [0.1, 0.15) is 29.4 Å². The Labute approximate surface area is 86.3 Å². The summed E-state index contributed by atoms with van der Waals surface area (Å²) in [5.74, 6) is 2.53. The van der Waals surface area contributed by atoms with Gasteiger partial charge in [-0.1, -0.05) is 6.92 Å². The van der Waals surface area contributed by atoms with Gasteiger partial charge in [0.15, 0.2) is 0 Å². The van der Waals surface area contributed by atoms with Crippen LogP contribution in [-0.2, 0) is 0 Å². The lowest BCUT2D eigenvalue weighted by Gasteiger charge is -1.99. The Kier molecular flexibility index (Phi) is 5.59. The zero-order valence-corrected chi connectivity index (χ0v) is 8.27. The second-order valence-corrected chi connectivity index (χ2v) is 3.25. The Morgan fingerprint density at radius 3 is 2.07 bits per heavy atom. The monoisotopic (exact) mass is 202 g/mol. The van der Waals surface area contributed by atoms with Crippen LogP contribution < -0.4 is 0 Å². The molecule has 0 rings (SSSR count). The number of nitrogens with zero attached hydrogens (tertiary/aromatic N) is 3. The minimum Gasteiger partial charge on any atom is -0.258 e. The molecule has 68 valence electrons. The maximum atomic E-state index is 8.63. The molecule has 0 heterocycles. The molecule has 0 radical (unpaired) electrons. The Hall–Kier alpha value is -1.99. The van der Waals surface area contributed by atoms with Crippen molar-refractivity contribution in [1.82, 2.24) is 0 Å². The third-order valence-electron chi connectivity index (χ3n) is 1.20. The fraction of sp³-hybridized carbons (Fsp3) is 0.222. The van der Waals surface area contributed by atoms with E-state index >= 15 is 0 Å². The van der Waals surface area contributed by atoms with E-state index in [0.29, 0.717) is 5.75 Å². The fourth-order valence-corrected chi connectivity index (χ4v) is 1.44. The molecule has 0 amide bonds. The Bertz CT molecular complexity index is 405. The van der Waals surface area contributed by atoms with Gasteiger partial charge in [0, 0.05) is 0 Å². The smallest absolute Gasteiger partial charge is 0.145 e. The Morgan fingerprint density at radius 2 is 1.79 bits per heavy atom. The predicted octanol–water partition coefficient (Wildman–Crippen LogP) is 1.74. The number of hydrogen-bond acceptors (Lipinski definition) is 5. The summed E-state index contributed by atoms with van der Waals surface area (Å²) in [6.07, 6.45) is 0. The first-order valence-electron chi connectivity index (χ1n) is 3.62. The van der Waals surface area contributed by atoms with Crippen LogP contribution >= 0.6 is 11.8 Å². The highest BCUT2D eigenvalue weighted by Crippen LogP contribution is 2.25. The molecule has 5 heteroatoms. The maximum Gasteiger partial charge on any atom is 0.145 e. The van der Waals surface area contributed by atoms with Crippen LogP contribution in [0.15, 0.2) is 16.1 Å². The second-order valence-electron chi connectivity index (χ2n) is 1.97. The predicted molar refractivity (Wildman–Crippen MR) is 53.2 cm³/mol. The fourth-order valence-electron chi connectivity index (χ4n) is 0.676. The van der Waals surface area contributed by atoms with E-state index in [4.69, 9.17) is 21.2 Å². The number of rotatable bonds is 3. The van der Waals surface area contributed by atoms with Crippen molar-refractivity contribution < 1.29 is 0 Å². The highest BCUT2D eigenvalue weighted by Gasteiger charge is 2.11. The normalized spacial score (nSPS) is 7.29. The van der Waals surface area contributed by atoms with Crippen molar-refractivity contribution in [3.63, 3.8) is 0 Å². The summed E-state index contributed by atoms with van der Waals surface area (Å²) in [5, 5.41) is 32.7. The number of thioether (sulfide) groups is 1. The lowest BCUT2D eigenvalue weighted by molar-refractivity contribution is 1.43. The molecule has 0 spiro atoms. The van der Waals surface area contributed by atoms with Gasteiger partial charge in [-0.15, -0.1) is 11.8 Å². The topological polar surface area (TPSA) is 95.2 Å². The third kappa shape index (κ3) is 2.81. The van der Waals surface area contributed by atoms with Gasteiger partial charge in [-0.2, -0.15) is 15.8 Å². The van der Waals surface area contributed by atoms with Gasteiger partial charge in [-0.05, 0) is 11.6 Å². The minimum atomic E-state index is -0.145. The standard InChI is InChI=1S/C9H6N4S/c1-2-14-9(7(3-10)4-11)8(5-12)6-13/h10H,2H2,1H3. The lowest BCUT2D eigenvalue weighted by Crippen LogP contribution is -1.89. The quantitative estimate of drug-likeness (QED) is 0.428. The van der Waals surface area contributed by atoms with Crippen LogP contribution in [0, 0.1) is 39.4 Å². The van der Waals surface area contributed by atoms with Crippen molar-refractivity contribution in [1.29, 1.82) is 21.2 Å². The van der Waals surface area contributed by atoms with Crippen LogP contribution in [0.2, 0.25) is 0 Å². The SMILES string of the molecule is CCSC(C(=C=N)C#N)=C(C#N)C#N. The van der Waals surface area contributed by atoms with Gasteiger partial charge in [-0.3, -0.25) is 5.41 Å². The number of allylic oxidation sites excluding steroid dienone is 2. The zero-order valence-electron chi connectivity index (χ0n) is 7.46. The summed E-state index contributed by atoms with van der Waals surface area (Å²) in [6, 6.07) is 5.10. The van der Waals surface area contributed by atoms with E-state index in [9.17, 15) is 0 Å². The highest BCUT2D eigenvalue weighted by atomic mass is 32.2. The minimum absolute atomic E-state index is 0.0741. The average Bonchev–Trinajstić information content (AvgIpc) is 2.21. The van der Waals surface area contributed by atoms with Gasteiger partial charge < -0.3 is 0 Å². The van der Waals surface area contributed by atoms with Gasteiger partial charge in [0.05, 0.1) is 4.91 Å². The molecule has 0 aromatic carbocycles. The molecule has 0 fully saturated rings. The maximum absolute atomic E-state index is 8.63. The van der Waals surface area contributed by atoms with Crippen LogP contribution in [0.3, 0.4) is 0 Å². The molecule has 0 saturated heterocycles.